The number of thiazole rings is 1. The van der Waals surface area contributed by atoms with Crippen molar-refractivity contribution in [1.29, 1.82) is 0 Å². The molecule has 7 heteroatoms. The lowest BCUT2D eigenvalue weighted by Crippen LogP contribution is -2.45. The fourth-order valence-electron chi connectivity index (χ4n) is 3.76. The van der Waals surface area contributed by atoms with E-state index in [4.69, 9.17) is 9.47 Å². The van der Waals surface area contributed by atoms with E-state index in [1.807, 2.05) is 41.4 Å². The summed E-state index contributed by atoms with van der Waals surface area (Å²) in [6.07, 6.45) is 3.78. The third kappa shape index (κ3) is 5.74. The van der Waals surface area contributed by atoms with Crippen LogP contribution >= 0.6 is 23.1 Å². The molecule has 2 fully saturated rings. The molecule has 5 nitrogen and oxygen atoms in total. The van der Waals surface area contributed by atoms with Gasteiger partial charge in [-0.05, 0) is 44.1 Å². The van der Waals surface area contributed by atoms with Crippen molar-refractivity contribution in [2.75, 3.05) is 24.7 Å². The van der Waals surface area contributed by atoms with Crippen molar-refractivity contribution in [1.82, 2.24) is 9.88 Å². The Kier molecular flexibility index (Phi) is 7.11. The number of aromatic nitrogens is 1. The van der Waals surface area contributed by atoms with E-state index in [0.717, 1.165) is 60.4 Å². The van der Waals surface area contributed by atoms with Crippen molar-refractivity contribution in [3.63, 3.8) is 0 Å². The van der Waals surface area contributed by atoms with Crippen LogP contribution in [0.2, 0.25) is 0 Å². The molecular formula is C22H28N2O3S2. The fourth-order valence-corrected chi connectivity index (χ4v) is 5.69. The van der Waals surface area contributed by atoms with Gasteiger partial charge in [-0.1, -0.05) is 17.7 Å². The molecule has 0 aliphatic carbocycles. The summed E-state index contributed by atoms with van der Waals surface area (Å²) >= 11 is 3.49. The summed E-state index contributed by atoms with van der Waals surface area (Å²) in [5.74, 6) is 3.18. The summed E-state index contributed by atoms with van der Waals surface area (Å²) in [6, 6.07) is 8.34. The number of carbonyl (C=O) groups excluding carboxylic acids is 1. The predicted molar refractivity (Wildman–Crippen MR) is 118 cm³/mol. The van der Waals surface area contributed by atoms with Crippen LogP contribution in [0.1, 0.15) is 35.5 Å². The van der Waals surface area contributed by atoms with E-state index in [2.05, 4.69) is 16.8 Å². The Morgan fingerprint density at radius 3 is 2.90 bits per heavy atom. The van der Waals surface area contributed by atoms with Crippen LogP contribution in [0.15, 0.2) is 29.6 Å². The molecule has 156 valence electrons. The van der Waals surface area contributed by atoms with E-state index in [0.29, 0.717) is 19.1 Å². The number of thioether (sulfide) groups is 1. The summed E-state index contributed by atoms with van der Waals surface area (Å²) in [7, 11) is 0. The highest BCUT2D eigenvalue weighted by molar-refractivity contribution is 7.99. The first-order valence-corrected chi connectivity index (χ1v) is 12.3. The highest BCUT2D eigenvalue weighted by atomic mass is 32.2. The molecule has 2 unspecified atom stereocenters. The predicted octanol–water partition coefficient (Wildman–Crippen LogP) is 4.09. The van der Waals surface area contributed by atoms with Crippen molar-refractivity contribution < 1.29 is 14.3 Å². The van der Waals surface area contributed by atoms with Crippen molar-refractivity contribution >= 4 is 29.0 Å². The molecule has 0 bridgehead atoms. The monoisotopic (exact) mass is 432 g/mol. The summed E-state index contributed by atoms with van der Waals surface area (Å²) in [5.41, 5.74) is 2.05. The van der Waals surface area contributed by atoms with E-state index in [1.54, 1.807) is 11.3 Å². The van der Waals surface area contributed by atoms with Gasteiger partial charge in [0, 0.05) is 30.3 Å². The number of carbonyl (C=O) groups is 1. The standard InChI is InChI=1S/C22H28N2O3S2/c1-16-4-6-19(7-5-16)27-13-21-23-17(14-29-21)11-22(25)24(18-8-10-28-15-18)12-20-3-2-9-26-20/h4-7,14,18,20H,2-3,8-13,15H2,1H3. The van der Waals surface area contributed by atoms with Crippen LogP contribution in [0.5, 0.6) is 5.75 Å². The fraction of sp³-hybridized carbons (Fsp3) is 0.545. The molecule has 3 heterocycles. The van der Waals surface area contributed by atoms with Crippen molar-refractivity contribution in [2.45, 2.75) is 51.4 Å². The first-order valence-electron chi connectivity index (χ1n) is 10.3. The molecule has 1 aromatic heterocycles. The maximum absolute atomic E-state index is 13.1. The third-order valence-electron chi connectivity index (χ3n) is 5.41. The largest absolute Gasteiger partial charge is 0.486 e. The zero-order chi connectivity index (χ0) is 20.1. The average molecular weight is 433 g/mol. The van der Waals surface area contributed by atoms with Crippen molar-refractivity contribution in [3.05, 3.63) is 45.9 Å². The number of hydrogen-bond acceptors (Lipinski definition) is 6. The molecule has 1 aromatic carbocycles. The van der Waals surface area contributed by atoms with Gasteiger partial charge in [-0.25, -0.2) is 4.98 Å². The summed E-state index contributed by atoms with van der Waals surface area (Å²) < 4.78 is 11.6. The van der Waals surface area contributed by atoms with E-state index in [-0.39, 0.29) is 12.0 Å². The van der Waals surface area contributed by atoms with Gasteiger partial charge in [0.2, 0.25) is 5.91 Å². The van der Waals surface area contributed by atoms with Crippen LogP contribution in [-0.4, -0.2) is 52.6 Å². The second kappa shape index (κ2) is 9.96. The third-order valence-corrected chi connectivity index (χ3v) is 7.42. The van der Waals surface area contributed by atoms with Crippen LogP contribution in [0.25, 0.3) is 0 Å². The number of nitrogens with zero attached hydrogens (tertiary/aromatic N) is 2. The Balaban J connectivity index is 1.34. The molecule has 2 aliphatic heterocycles. The zero-order valence-corrected chi connectivity index (χ0v) is 18.5. The SMILES string of the molecule is Cc1ccc(OCc2nc(CC(=O)N(CC3CCCO3)C3CCSC3)cs2)cc1. The van der Waals surface area contributed by atoms with Gasteiger partial charge < -0.3 is 14.4 Å². The Morgan fingerprint density at radius 1 is 1.31 bits per heavy atom. The molecule has 2 aliphatic rings. The number of hydrogen-bond donors (Lipinski definition) is 0. The van der Waals surface area contributed by atoms with Gasteiger partial charge in [-0.15, -0.1) is 11.3 Å². The first kappa shape index (κ1) is 20.7. The zero-order valence-electron chi connectivity index (χ0n) is 16.8. The molecule has 0 saturated carbocycles. The molecule has 4 rings (SSSR count). The van der Waals surface area contributed by atoms with Crippen molar-refractivity contribution in [2.24, 2.45) is 0 Å². The number of benzene rings is 1. The smallest absolute Gasteiger partial charge is 0.228 e. The molecular weight excluding hydrogens is 404 g/mol. The maximum Gasteiger partial charge on any atom is 0.228 e. The lowest BCUT2D eigenvalue weighted by Gasteiger charge is -2.30. The van der Waals surface area contributed by atoms with Crippen molar-refractivity contribution in [3.8, 4) is 5.75 Å². The number of aryl methyl sites for hydroxylation is 1. The summed E-state index contributed by atoms with van der Waals surface area (Å²) in [6.45, 7) is 4.03. The van der Waals surface area contributed by atoms with Crippen LogP contribution < -0.4 is 4.74 Å². The van der Waals surface area contributed by atoms with E-state index in [1.165, 1.54) is 5.56 Å². The lowest BCUT2D eigenvalue weighted by molar-refractivity contribution is -0.134. The van der Waals surface area contributed by atoms with Crippen LogP contribution in [-0.2, 0) is 22.6 Å². The minimum absolute atomic E-state index is 0.171. The Morgan fingerprint density at radius 2 is 2.17 bits per heavy atom. The second-order valence-corrected chi connectivity index (χ2v) is 9.80. The van der Waals surface area contributed by atoms with Gasteiger partial charge in [-0.3, -0.25) is 4.79 Å². The van der Waals surface area contributed by atoms with Gasteiger partial charge in [0.05, 0.1) is 18.2 Å². The summed E-state index contributed by atoms with van der Waals surface area (Å²) in [4.78, 5) is 19.8. The Bertz CT molecular complexity index is 797. The Labute approximate surface area is 180 Å². The Hall–Kier alpha value is -1.57. The first-order chi connectivity index (χ1) is 14.2. The quantitative estimate of drug-likeness (QED) is 0.629. The number of rotatable bonds is 8. The van der Waals surface area contributed by atoms with Gasteiger partial charge in [0.1, 0.15) is 17.4 Å². The van der Waals surface area contributed by atoms with Gasteiger partial charge in [-0.2, -0.15) is 11.8 Å². The number of ether oxygens (including phenoxy) is 2. The summed E-state index contributed by atoms with van der Waals surface area (Å²) in [5, 5.41) is 2.88. The minimum atomic E-state index is 0.171. The number of amides is 1. The van der Waals surface area contributed by atoms with E-state index >= 15 is 0 Å². The topological polar surface area (TPSA) is 51.7 Å². The molecule has 2 saturated heterocycles. The molecule has 0 spiro atoms. The minimum Gasteiger partial charge on any atom is -0.486 e. The van der Waals surface area contributed by atoms with Crippen LogP contribution in [0.3, 0.4) is 0 Å². The molecule has 2 aromatic rings. The molecule has 0 N–H and O–H groups in total. The maximum atomic E-state index is 13.1. The molecule has 29 heavy (non-hydrogen) atoms. The highest BCUT2D eigenvalue weighted by Gasteiger charge is 2.30. The molecule has 2 atom stereocenters. The van der Waals surface area contributed by atoms with Crippen LogP contribution in [0.4, 0.5) is 0 Å². The van der Waals surface area contributed by atoms with Gasteiger partial charge in [0.25, 0.3) is 0 Å². The lowest BCUT2D eigenvalue weighted by atomic mass is 10.1. The molecule has 1 amide bonds. The average Bonchev–Trinajstić information content (AvgIpc) is 3.48. The normalized spacial score (nSPS) is 21.4. The van der Waals surface area contributed by atoms with Gasteiger partial charge in [0.15, 0.2) is 0 Å². The van der Waals surface area contributed by atoms with E-state index < -0.39 is 0 Å². The highest BCUT2D eigenvalue weighted by Crippen LogP contribution is 2.25. The van der Waals surface area contributed by atoms with Crippen LogP contribution in [0, 0.1) is 6.92 Å². The molecule has 0 radical (unpaired) electrons. The van der Waals surface area contributed by atoms with E-state index in [9.17, 15) is 4.79 Å². The second-order valence-electron chi connectivity index (χ2n) is 7.71. The van der Waals surface area contributed by atoms with Gasteiger partial charge >= 0.3 is 0 Å².